The van der Waals surface area contributed by atoms with Gasteiger partial charge >= 0.3 is 0 Å². The summed E-state index contributed by atoms with van der Waals surface area (Å²) >= 11 is 6.17. The fourth-order valence-electron chi connectivity index (χ4n) is 3.97. The molecule has 33 heavy (non-hydrogen) atoms. The second-order valence-corrected chi connectivity index (χ2v) is 8.74. The van der Waals surface area contributed by atoms with Gasteiger partial charge in [0, 0.05) is 11.6 Å². The number of benzene rings is 3. The van der Waals surface area contributed by atoms with E-state index in [0.717, 1.165) is 64.8 Å². The highest BCUT2D eigenvalue weighted by Gasteiger charge is 2.18. The predicted octanol–water partition coefficient (Wildman–Crippen LogP) is 7.56. The van der Waals surface area contributed by atoms with Crippen LogP contribution >= 0.6 is 11.6 Å². The van der Waals surface area contributed by atoms with E-state index >= 15 is 0 Å². The summed E-state index contributed by atoms with van der Waals surface area (Å²) in [5.74, 6) is 2.66. The third-order valence-electron chi connectivity index (χ3n) is 5.87. The van der Waals surface area contributed by atoms with E-state index in [0.29, 0.717) is 6.61 Å². The van der Waals surface area contributed by atoms with E-state index in [9.17, 15) is 0 Å². The minimum absolute atomic E-state index is 0.189. The highest BCUT2D eigenvalue weighted by atomic mass is 35.5. The molecule has 0 saturated heterocycles. The van der Waals surface area contributed by atoms with Crippen LogP contribution in [0.3, 0.4) is 0 Å². The Labute approximate surface area is 201 Å². The van der Waals surface area contributed by atoms with Crippen LogP contribution < -0.4 is 9.47 Å². The maximum atomic E-state index is 6.24. The topological polar surface area (TPSA) is 36.3 Å². The van der Waals surface area contributed by atoms with Gasteiger partial charge < -0.3 is 14.0 Å². The van der Waals surface area contributed by atoms with Crippen molar-refractivity contribution < 1.29 is 9.47 Å². The molecular weight excluding hydrogens is 432 g/mol. The highest BCUT2D eigenvalue weighted by molar-refractivity contribution is 6.31. The molecular formula is C28H31ClN2O2. The van der Waals surface area contributed by atoms with Crippen LogP contribution in [-0.2, 0) is 13.0 Å². The van der Waals surface area contributed by atoms with E-state index in [-0.39, 0.29) is 6.10 Å². The normalized spacial score (nSPS) is 12.1. The molecule has 0 N–H and O–H groups in total. The Hall–Kier alpha value is -2.98. The molecule has 0 spiro atoms. The Balaban J connectivity index is 1.41. The second-order valence-electron chi connectivity index (χ2n) is 8.33. The molecule has 1 aromatic heterocycles. The van der Waals surface area contributed by atoms with Gasteiger partial charge in [-0.2, -0.15) is 0 Å². The molecule has 1 unspecified atom stereocenters. The molecule has 0 fully saturated rings. The lowest BCUT2D eigenvalue weighted by Gasteiger charge is -2.17. The fourth-order valence-corrected chi connectivity index (χ4v) is 4.09. The molecule has 5 heteroatoms. The molecule has 4 nitrogen and oxygen atoms in total. The summed E-state index contributed by atoms with van der Waals surface area (Å²) in [5, 5.41) is 0.741. The lowest BCUT2D eigenvalue weighted by atomic mass is 10.2. The first-order valence-electron chi connectivity index (χ1n) is 11.6. The number of hydrogen-bond donors (Lipinski definition) is 0. The molecule has 0 radical (unpaired) electrons. The van der Waals surface area contributed by atoms with E-state index in [2.05, 4.69) is 54.0 Å². The van der Waals surface area contributed by atoms with Gasteiger partial charge in [0.1, 0.15) is 11.5 Å². The third-order valence-corrected chi connectivity index (χ3v) is 6.29. The summed E-state index contributed by atoms with van der Waals surface area (Å²) in [6, 6.07) is 22.4. The number of imidazole rings is 1. The van der Waals surface area contributed by atoms with Gasteiger partial charge in [0.15, 0.2) is 11.9 Å². The molecule has 0 aliphatic rings. The monoisotopic (exact) mass is 462 g/mol. The van der Waals surface area contributed by atoms with Crippen molar-refractivity contribution in [2.75, 3.05) is 6.61 Å². The number of unbranched alkanes of at least 4 members (excludes halogenated alkanes) is 1. The molecule has 1 atom stereocenters. The van der Waals surface area contributed by atoms with Crippen LogP contribution in [0.25, 0.3) is 11.0 Å². The fraction of sp³-hybridized carbons (Fsp3) is 0.321. The molecule has 0 aliphatic carbocycles. The maximum absolute atomic E-state index is 6.24. The lowest BCUT2D eigenvalue weighted by molar-refractivity contribution is 0.210. The van der Waals surface area contributed by atoms with Gasteiger partial charge in [-0.1, -0.05) is 42.8 Å². The standard InChI is InChI=1S/C28H31ClN2O2/c1-4-22-11-13-23(14-12-22)32-18-8-7-17-31-27-10-6-5-9-26(27)30-28(31)21(3)33-24-15-16-25(29)20(2)19-24/h5-6,9-16,19,21H,4,7-8,17-18H2,1-3H3. The first-order chi connectivity index (χ1) is 16.0. The predicted molar refractivity (Wildman–Crippen MR) is 136 cm³/mol. The van der Waals surface area contributed by atoms with Gasteiger partial charge in [-0.15, -0.1) is 0 Å². The Morgan fingerprint density at radius 3 is 2.48 bits per heavy atom. The van der Waals surface area contributed by atoms with Crippen molar-refractivity contribution in [3.63, 3.8) is 0 Å². The van der Waals surface area contributed by atoms with Crippen molar-refractivity contribution in [3.8, 4) is 11.5 Å². The van der Waals surface area contributed by atoms with Crippen molar-refractivity contribution in [2.24, 2.45) is 0 Å². The van der Waals surface area contributed by atoms with Crippen molar-refractivity contribution in [1.82, 2.24) is 9.55 Å². The molecule has 172 valence electrons. The smallest absolute Gasteiger partial charge is 0.153 e. The number of ether oxygens (including phenoxy) is 2. The van der Waals surface area contributed by atoms with Gasteiger partial charge in [-0.25, -0.2) is 4.98 Å². The van der Waals surface area contributed by atoms with Gasteiger partial charge in [-0.3, -0.25) is 0 Å². The van der Waals surface area contributed by atoms with Gasteiger partial charge in [-0.05, 0) is 86.7 Å². The summed E-state index contributed by atoms with van der Waals surface area (Å²) in [4.78, 5) is 4.89. The number of nitrogens with zero attached hydrogens (tertiary/aromatic N) is 2. The van der Waals surface area contributed by atoms with Gasteiger partial charge in [0.05, 0.1) is 17.6 Å². The van der Waals surface area contributed by atoms with Crippen molar-refractivity contribution in [2.45, 2.75) is 52.7 Å². The Bertz CT molecular complexity index is 1200. The first-order valence-corrected chi connectivity index (χ1v) is 12.0. The Kier molecular flexibility index (Phi) is 7.56. The van der Waals surface area contributed by atoms with E-state index in [1.807, 2.05) is 38.1 Å². The minimum atomic E-state index is -0.189. The third kappa shape index (κ3) is 5.69. The number of aromatic nitrogens is 2. The van der Waals surface area contributed by atoms with E-state index in [4.69, 9.17) is 26.1 Å². The highest BCUT2D eigenvalue weighted by Crippen LogP contribution is 2.28. The zero-order valence-corrected chi connectivity index (χ0v) is 20.3. The number of aryl methyl sites for hydroxylation is 3. The Morgan fingerprint density at radius 2 is 1.73 bits per heavy atom. The summed E-state index contributed by atoms with van der Waals surface area (Å²) in [6.45, 7) is 7.75. The number of fused-ring (bicyclic) bond motifs is 1. The summed E-state index contributed by atoms with van der Waals surface area (Å²) in [6.07, 6.45) is 2.81. The van der Waals surface area contributed by atoms with Crippen molar-refractivity contribution in [1.29, 1.82) is 0 Å². The van der Waals surface area contributed by atoms with Crippen LogP contribution in [0.1, 0.15) is 49.7 Å². The SMILES string of the molecule is CCc1ccc(OCCCCn2c(C(C)Oc3ccc(Cl)c(C)c3)nc3ccccc32)cc1. The number of halogens is 1. The molecule has 0 bridgehead atoms. The van der Waals surface area contributed by atoms with Crippen LogP contribution in [0.5, 0.6) is 11.5 Å². The van der Waals surface area contributed by atoms with Gasteiger partial charge in [0.25, 0.3) is 0 Å². The molecule has 3 aromatic carbocycles. The quantitative estimate of drug-likeness (QED) is 0.228. The summed E-state index contributed by atoms with van der Waals surface area (Å²) < 4.78 is 14.5. The van der Waals surface area contributed by atoms with Crippen molar-refractivity contribution in [3.05, 3.63) is 88.7 Å². The second kappa shape index (κ2) is 10.8. The average Bonchev–Trinajstić information content (AvgIpc) is 3.20. The maximum Gasteiger partial charge on any atom is 0.153 e. The number of para-hydroxylation sites is 2. The largest absolute Gasteiger partial charge is 0.494 e. The molecule has 4 rings (SSSR count). The first kappa shape index (κ1) is 23.2. The van der Waals surface area contributed by atoms with Gasteiger partial charge in [0.2, 0.25) is 0 Å². The average molecular weight is 463 g/mol. The zero-order chi connectivity index (χ0) is 23.2. The molecule has 0 aliphatic heterocycles. The molecule has 0 amide bonds. The number of rotatable bonds is 10. The number of hydrogen-bond acceptors (Lipinski definition) is 3. The van der Waals surface area contributed by atoms with E-state index in [1.54, 1.807) is 0 Å². The van der Waals surface area contributed by atoms with Crippen LogP contribution in [0.4, 0.5) is 0 Å². The van der Waals surface area contributed by atoms with Crippen LogP contribution in [0.15, 0.2) is 66.7 Å². The van der Waals surface area contributed by atoms with Crippen LogP contribution in [0.2, 0.25) is 5.02 Å². The molecule has 0 saturated carbocycles. The van der Waals surface area contributed by atoms with E-state index in [1.165, 1.54) is 5.56 Å². The van der Waals surface area contributed by atoms with E-state index < -0.39 is 0 Å². The summed E-state index contributed by atoms with van der Waals surface area (Å²) in [7, 11) is 0. The van der Waals surface area contributed by atoms with Crippen LogP contribution in [-0.4, -0.2) is 16.2 Å². The minimum Gasteiger partial charge on any atom is -0.494 e. The zero-order valence-electron chi connectivity index (χ0n) is 19.6. The molecule has 4 aromatic rings. The Morgan fingerprint density at radius 1 is 0.970 bits per heavy atom. The van der Waals surface area contributed by atoms with Crippen LogP contribution in [0, 0.1) is 6.92 Å². The van der Waals surface area contributed by atoms with Crippen molar-refractivity contribution >= 4 is 22.6 Å². The summed E-state index contributed by atoms with van der Waals surface area (Å²) in [5.41, 5.74) is 4.44. The molecule has 1 heterocycles. The lowest BCUT2D eigenvalue weighted by Crippen LogP contribution is -2.13.